The molecule has 0 radical (unpaired) electrons. The molecule has 3 heterocycles. The fourth-order valence-corrected chi connectivity index (χ4v) is 5.42. The van der Waals surface area contributed by atoms with E-state index in [0.717, 1.165) is 11.3 Å². The molecule has 8 nitrogen and oxygen atoms in total. The Hall–Kier alpha value is -2.60. The lowest BCUT2D eigenvalue weighted by Gasteiger charge is -2.34. The SMILES string of the molecule is Cc1nc(N2CCCN(c3ccc(-c4nccc(Cl)c4F)cc3)C2=O)sc1S(N)(=O)=O. The van der Waals surface area contributed by atoms with Crippen LogP contribution in [-0.4, -0.2) is 37.5 Å². The highest BCUT2D eigenvalue weighted by atomic mass is 35.5. The first-order valence-corrected chi connectivity index (χ1v) is 11.9. The van der Waals surface area contributed by atoms with E-state index in [1.54, 1.807) is 29.2 Å². The highest BCUT2D eigenvalue weighted by Crippen LogP contribution is 2.33. The average Bonchev–Trinajstić information content (AvgIpc) is 3.12. The maximum atomic E-state index is 14.2. The number of primary sulfonamides is 1. The average molecular weight is 482 g/mol. The third-order valence-corrected chi connectivity index (χ3v) is 7.78. The number of rotatable bonds is 4. The lowest BCUT2D eigenvalue weighted by Crippen LogP contribution is -2.49. The molecule has 1 saturated heterocycles. The molecule has 0 aliphatic carbocycles. The van der Waals surface area contributed by atoms with Gasteiger partial charge in [-0.2, -0.15) is 0 Å². The number of amides is 2. The van der Waals surface area contributed by atoms with E-state index in [1.165, 1.54) is 24.1 Å². The molecule has 1 aliphatic rings. The van der Waals surface area contributed by atoms with Crippen molar-refractivity contribution in [1.29, 1.82) is 0 Å². The van der Waals surface area contributed by atoms with E-state index in [1.807, 2.05) is 0 Å². The van der Waals surface area contributed by atoms with Crippen LogP contribution >= 0.6 is 22.9 Å². The Kier molecular flexibility index (Phi) is 5.69. The van der Waals surface area contributed by atoms with E-state index in [2.05, 4.69) is 9.97 Å². The molecule has 2 N–H and O–H groups in total. The van der Waals surface area contributed by atoms with Gasteiger partial charge in [0.15, 0.2) is 15.2 Å². The Bertz CT molecular complexity index is 1260. The van der Waals surface area contributed by atoms with E-state index >= 15 is 0 Å². The Labute approximate surface area is 187 Å². The van der Waals surface area contributed by atoms with Gasteiger partial charge in [-0.05, 0) is 31.5 Å². The molecule has 3 aromatic rings. The molecule has 1 aromatic carbocycles. The van der Waals surface area contributed by atoms with Gasteiger partial charge in [0, 0.05) is 30.5 Å². The molecule has 0 atom stereocenters. The summed E-state index contributed by atoms with van der Waals surface area (Å²) in [6, 6.07) is 7.76. The van der Waals surface area contributed by atoms with Gasteiger partial charge in [0.25, 0.3) is 0 Å². The zero-order valence-corrected chi connectivity index (χ0v) is 18.6. The third-order valence-electron chi connectivity index (χ3n) is 4.75. The number of hydrogen-bond acceptors (Lipinski definition) is 6. The quantitative estimate of drug-likeness (QED) is 0.609. The summed E-state index contributed by atoms with van der Waals surface area (Å²) in [6.07, 6.45) is 2.08. The van der Waals surface area contributed by atoms with Gasteiger partial charge in [-0.25, -0.2) is 27.7 Å². The van der Waals surface area contributed by atoms with Crippen LogP contribution in [0.15, 0.2) is 40.7 Å². The number of carbonyl (C=O) groups is 1. The van der Waals surface area contributed by atoms with E-state index in [9.17, 15) is 17.6 Å². The van der Waals surface area contributed by atoms with Crippen LogP contribution in [0.1, 0.15) is 12.1 Å². The standard InChI is InChI=1S/C19H17ClFN5O3S2/c1-11-17(31(22,28)29)30-18(24-11)26-10-2-9-25(19(26)27)13-5-3-12(4-6-13)16-15(21)14(20)7-8-23-16/h3-8H,2,9-10H2,1H3,(H2,22,28,29). The number of pyridine rings is 1. The van der Waals surface area contributed by atoms with E-state index in [0.29, 0.717) is 30.8 Å². The molecule has 4 rings (SSSR count). The van der Waals surface area contributed by atoms with Gasteiger partial charge >= 0.3 is 6.03 Å². The molecule has 0 saturated carbocycles. The molecule has 162 valence electrons. The molecular formula is C19H17ClFN5O3S2. The Morgan fingerprint density at radius 3 is 2.48 bits per heavy atom. The third kappa shape index (κ3) is 4.13. The minimum Gasteiger partial charge on any atom is -0.294 e. The molecule has 1 aliphatic heterocycles. The van der Waals surface area contributed by atoms with Crippen molar-refractivity contribution in [2.75, 3.05) is 22.9 Å². The monoisotopic (exact) mass is 481 g/mol. The summed E-state index contributed by atoms with van der Waals surface area (Å²) in [4.78, 5) is 24.3. The summed E-state index contributed by atoms with van der Waals surface area (Å²) >= 11 is 6.70. The summed E-state index contributed by atoms with van der Waals surface area (Å²) in [5.41, 5.74) is 1.52. The van der Waals surface area contributed by atoms with Gasteiger partial charge in [-0.3, -0.25) is 14.8 Å². The van der Waals surface area contributed by atoms with Gasteiger partial charge in [0.1, 0.15) is 5.69 Å². The fourth-order valence-electron chi connectivity index (χ4n) is 3.31. The van der Waals surface area contributed by atoms with Gasteiger partial charge in [-0.1, -0.05) is 35.1 Å². The smallest absolute Gasteiger partial charge is 0.294 e. The van der Waals surface area contributed by atoms with Gasteiger partial charge < -0.3 is 0 Å². The zero-order chi connectivity index (χ0) is 22.3. The maximum absolute atomic E-state index is 14.2. The first kappa shape index (κ1) is 21.6. The largest absolute Gasteiger partial charge is 0.330 e. The molecule has 0 unspecified atom stereocenters. The van der Waals surface area contributed by atoms with Gasteiger partial charge in [0.05, 0.1) is 10.7 Å². The molecule has 2 aromatic heterocycles. The van der Waals surface area contributed by atoms with Gasteiger partial charge in [-0.15, -0.1) is 0 Å². The van der Waals surface area contributed by atoms with E-state index in [4.69, 9.17) is 16.7 Å². The maximum Gasteiger partial charge on any atom is 0.330 e. The van der Waals surface area contributed by atoms with Crippen LogP contribution in [-0.2, 0) is 10.0 Å². The minimum atomic E-state index is -3.91. The number of urea groups is 1. The van der Waals surface area contributed by atoms with Crippen LogP contribution in [0.25, 0.3) is 11.3 Å². The zero-order valence-electron chi connectivity index (χ0n) is 16.2. The van der Waals surface area contributed by atoms with Crippen LogP contribution < -0.4 is 14.9 Å². The minimum absolute atomic E-state index is 0.0199. The van der Waals surface area contributed by atoms with Crippen molar-refractivity contribution >= 4 is 49.8 Å². The van der Waals surface area contributed by atoms with Crippen molar-refractivity contribution in [2.24, 2.45) is 5.14 Å². The number of aryl methyl sites for hydroxylation is 1. The van der Waals surface area contributed by atoms with Crippen molar-refractivity contribution < 1.29 is 17.6 Å². The summed E-state index contributed by atoms with van der Waals surface area (Å²) in [5, 5.41) is 5.48. The normalized spacial score (nSPS) is 14.9. The molecule has 0 bridgehead atoms. The number of carbonyl (C=O) groups excluding carboxylic acids is 1. The van der Waals surface area contributed by atoms with Gasteiger partial charge in [0.2, 0.25) is 10.0 Å². The first-order valence-electron chi connectivity index (χ1n) is 9.16. The second-order valence-electron chi connectivity index (χ2n) is 6.86. The van der Waals surface area contributed by atoms with Crippen molar-refractivity contribution in [1.82, 2.24) is 9.97 Å². The molecule has 0 spiro atoms. The lowest BCUT2D eigenvalue weighted by atomic mass is 10.1. The van der Waals surface area contributed by atoms with Crippen LogP contribution in [0.2, 0.25) is 5.02 Å². The molecular weight excluding hydrogens is 465 g/mol. The van der Waals surface area contributed by atoms with Crippen LogP contribution in [0.4, 0.5) is 20.0 Å². The van der Waals surface area contributed by atoms with Crippen molar-refractivity contribution in [3.8, 4) is 11.3 Å². The van der Waals surface area contributed by atoms with Crippen LogP contribution in [0.3, 0.4) is 0 Å². The Morgan fingerprint density at radius 1 is 1.16 bits per heavy atom. The molecule has 2 amide bonds. The number of benzene rings is 1. The van der Waals surface area contributed by atoms with Crippen molar-refractivity contribution in [3.63, 3.8) is 0 Å². The van der Waals surface area contributed by atoms with Crippen LogP contribution in [0, 0.1) is 12.7 Å². The number of nitrogens with two attached hydrogens (primary N) is 1. The van der Waals surface area contributed by atoms with E-state index in [-0.39, 0.29) is 31.8 Å². The lowest BCUT2D eigenvalue weighted by molar-refractivity contribution is 0.248. The first-order chi connectivity index (χ1) is 14.7. The van der Waals surface area contributed by atoms with E-state index < -0.39 is 15.8 Å². The van der Waals surface area contributed by atoms with Crippen LogP contribution in [0.5, 0.6) is 0 Å². The number of aromatic nitrogens is 2. The van der Waals surface area contributed by atoms with Crippen molar-refractivity contribution in [3.05, 3.63) is 53.1 Å². The number of halogens is 2. The summed E-state index contributed by atoms with van der Waals surface area (Å²) in [6.45, 7) is 2.42. The molecule has 1 fully saturated rings. The topological polar surface area (TPSA) is 109 Å². The van der Waals surface area contributed by atoms with Crippen molar-refractivity contribution in [2.45, 2.75) is 17.6 Å². The Morgan fingerprint density at radius 2 is 1.84 bits per heavy atom. The predicted octanol–water partition coefficient (Wildman–Crippen LogP) is 3.79. The predicted molar refractivity (Wildman–Crippen MR) is 118 cm³/mol. The number of thiazole rings is 1. The fraction of sp³-hybridized carbons (Fsp3) is 0.211. The second-order valence-corrected chi connectivity index (χ2v) is 10.00. The number of nitrogens with zero attached hydrogens (tertiary/aromatic N) is 4. The summed E-state index contributed by atoms with van der Waals surface area (Å²) in [5.74, 6) is -0.609. The molecule has 31 heavy (non-hydrogen) atoms. The highest BCUT2D eigenvalue weighted by molar-refractivity contribution is 7.91. The number of anilines is 2. The number of hydrogen-bond donors (Lipinski definition) is 1. The second kappa shape index (κ2) is 8.15. The Balaban J connectivity index is 1.61. The number of sulfonamides is 1. The summed E-state index contributed by atoms with van der Waals surface area (Å²) in [7, 11) is -3.91. The molecule has 12 heteroatoms. The highest BCUT2D eigenvalue weighted by Gasteiger charge is 2.31. The summed E-state index contributed by atoms with van der Waals surface area (Å²) < 4.78 is 37.6.